The summed E-state index contributed by atoms with van der Waals surface area (Å²) in [5.74, 6) is 0.685. The van der Waals surface area contributed by atoms with Crippen LogP contribution in [0.1, 0.15) is 6.42 Å². The van der Waals surface area contributed by atoms with E-state index in [0.29, 0.717) is 5.92 Å². The molecule has 0 bridgehead atoms. The highest BCUT2D eigenvalue weighted by Crippen LogP contribution is 2.07. The van der Waals surface area contributed by atoms with E-state index in [4.69, 9.17) is 5.26 Å². The molecular weight excluding hydrogens is 126 g/mol. The Labute approximate surface area is 61.6 Å². The van der Waals surface area contributed by atoms with E-state index in [1.807, 2.05) is 7.05 Å². The topological polar surface area (TPSA) is 39.1 Å². The Hall–Kier alpha value is -0.750. The second kappa shape index (κ2) is 3.43. The van der Waals surface area contributed by atoms with Gasteiger partial charge in [0.25, 0.3) is 0 Å². The standard InChI is InChI=1S/C7H13N3/c1-10(6-8)5-7-2-3-9-4-7/h7,9H,2-5H2,1H3. The van der Waals surface area contributed by atoms with Crippen molar-refractivity contribution in [1.82, 2.24) is 10.2 Å². The predicted molar refractivity (Wildman–Crippen MR) is 39.2 cm³/mol. The second-order valence-corrected chi connectivity index (χ2v) is 2.84. The summed E-state index contributed by atoms with van der Waals surface area (Å²) in [5, 5.41) is 11.7. The molecular formula is C7H13N3. The molecule has 0 aliphatic carbocycles. The lowest BCUT2D eigenvalue weighted by Crippen LogP contribution is -2.22. The molecule has 1 rings (SSSR count). The molecule has 3 heteroatoms. The van der Waals surface area contributed by atoms with Crippen molar-refractivity contribution in [3.05, 3.63) is 0 Å². The van der Waals surface area contributed by atoms with Gasteiger partial charge >= 0.3 is 0 Å². The maximum Gasteiger partial charge on any atom is 0.179 e. The Kier molecular flexibility index (Phi) is 2.52. The van der Waals surface area contributed by atoms with Crippen molar-refractivity contribution < 1.29 is 0 Å². The number of hydrogen-bond acceptors (Lipinski definition) is 3. The van der Waals surface area contributed by atoms with Crippen LogP contribution in [0.15, 0.2) is 0 Å². The monoisotopic (exact) mass is 139 g/mol. The minimum atomic E-state index is 0.685. The molecule has 10 heavy (non-hydrogen) atoms. The zero-order chi connectivity index (χ0) is 7.40. The van der Waals surface area contributed by atoms with Crippen LogP contribution < -0.4 is 5.32 Å². The molecule has 1 saturated heterocycles. The van der Waals surface area contributed by atoms with Crippen LogP contribution >= 0.6 is 0 Å². The summed E-state index contributed by atoms with van der Waals surface area (Å²) in [6, 6.07) is 0. The summed E-state index contributed by atoms with van der Waals surface area (Å²) < 4.78 is 0. The van der Waals surface area contributed by atoms with Gasteiger partial charge in [-0.05, 0) is 25.4 Å². The highest BCUT2D eigenvalue weighted by Gasteiger charge is 2.15. The van der Waals surface area contributed by atoms with Crippen LogP contribution in [0.3, 0.4) is 0 Å². The van der Waals surface area contributed by atoms with E-state index in [0.717, 1.165) is 19.6 Å². The van der Waals surface area contributed by atoms with Crippen LogP contribution in [0.2, 0.25) is 0 Å². The highest BCUT2D eigenvalue weighted by atomic mass is 15.1. The average molecular weight is 139 g/mol. The Morgan fingerprint density at radius 1 is 1.80 bits per heavy atom. The molecule has 1 atom stereocenters. The van der Waals surface area contributed by atoms with Crippen molar-refractivity contribution >= 4 is 0 Å². The highest BCUT2D eigenvalue weighted by molar-refractivity contribution is 4.78. The fourth-order valence-corrected chi connectivity index (χ4v) is 1.30. The SMILES string of the molecule is CN(C#N)CC1CCNC1. The Morgan fingerprint density at radius 3 is 3.10 bits per heavy atom. The molecule has 0 radical (unpaired) electrons. The molecule has 0 aromatic carbocycles. The third-order valence-corrected chi connectivity index (χ3v) is 1.87. The maximum absolute atomic E-state index is 8.45. The molecule has 0 aromatic rings. The molecule has 1 aliphatic heterocycles. The fraction of sp³-hybridized carbons (Fsp3) is 0.857. The van der Waals surface area contributed by atoms with Crippen molar-refractivity contribution in [2.24, 2.45) is 5.92 Å². The summed E-state index contributed by atoms with van der Waals surface area (Å²) in [6.45, 7) is 3.10. The summed E-state index contributed by atoms with van der Waals surface area (Å²) in [4.78, 5) is 1.69. The average Bonchev–Trinajstić information content (AvgIpc) is 2.40. The third-order valence-electron chi connectivity index (χ3n) is 1.87. The molecule has 1 fully saturated rings. The van der Waals surface area contributed by atoms with Gasteiger partial charge in [0, 0.05) is 13.6 Å². The van der Waals surface area contributed by atoms with Gasteiger partial charge in [-0.25, -0.2) is 0 Å². The predicted octanol–water partition coefficient (Wildman–Crippen LogP) is 0.00878. The molecule has 56 valence electrons. The van der Waals surface area contributed by atoms with Gasteiger partial charge in [-0.2, -0.15) is 5.26 Å². The number of nitrogens with one attached hydrogen (secondary N) is 1. The number of rotatable bonds is 2. The molecule has 0 saturated carbocycles. The summed E-state index contributed by atoms with van der Waals surface area (Å²) in [6.07, 6.45) is 3.31. The van der Waals surface area contributed by atoms with Gasteiger partial charge < -0.3 is 10.2 Å². The minimum absolute atomic E-state index is 0.685. The smallest absolute Gasteiger partial charge is 0.179 e. The van der Waals surface area contributed by atoms with Crippen LogP contribution in [0.4, 0.5) is 0 Å². The molecule has 0 aromatic heterocycles. The van der Waals surface area contributed by atoms with E-state index in [9.17, 15) is 0 Å². The van der Waals surface area contributed by atoms with E-state index < -0.39 is 0 Å². The Bertz CT molecular complexity index is 132. The van der Waals surface area contributed by atoms with E-state index in [-0.39, 0.29) is 0 Å². The molecule has 1 unspecified atom stereocenters. The van der Waals surface area contributed by atoms with Gasteiger partial charge in [-0.1, -0.05) is 0 Å². The van der Waals surface area contributed by atoms with E-state index >= 15 is 0 Å². The van der Waals surface area contributed by atoms with Crippen molar-refractivity contribution in [1.29, 1.82) is 5.26 Å². The number of nitrogens with zero attached hydrogens (tertiary/aromatic N) is 2. The molecule has 1 aliphatic rings. The maximum atomic E-state index is 8.45. The molecule has 3 nitrogen and oxygen atoms in total. The largest absolute Gasteiger partial charge is 0.316 e. The third kappa shape index (κ3) is 1.89. The first kappa shape index (κ1) is 7.36. The summed E-state index contributed by atoms with van der Waals surface area (Å²) in [7, 11) is 1.83. The van der Waals surface area contributed by atoms with Gasteiger partial charge in [0.15, 0.2) is 6.19 Å². The second-order valence-electron chi connectivity index (χ2n) is 2.84. The lowest BCUT2D eigenvalue weighted by Gasteiger charge is -2.12. The van der Waals surface area contributed by atoms with Crippen LogP contribution in [0.5, 0.6) is 0 Å². The van der Waals surface area contributed by atoms with E-state index in [1.54, 1.807) is 4.90 Å². The quantitative estimate of drug-likeness (QED) is 0.432. The van der Waals surface area contributed by atoms with Gasteiger partial charge in [0.1, 0.15) is 0 Å². The zero-order valence-electron chi connectivity index (χ0n) is 6.30. The van der Waals surface area contributed by atoms with Crippen molar-refractivity contribution in [3.63, 3.8) is 0 Å². The van der Waals surface area contributed by atoms with Gasteiger partial charge in [0.05, 0.1) is 0 Å². The Balaban J connectivity index is 2.19. The Morgan fingerprint density at radius 2 is 2.60 bits per heavy atom. The molecule has 1 N–H and O–H groups in total. The minimum Gasteiger partial charge on any atom is -0.316 e. The van der Waals surface area contributed by atoms with Crippen LogP contribution in [0.25, 0.3) is 0 Å². The lowest BCUT2D eigenvalue weighted by molar-refractivity contribution is 0.384. The molecule has 0 amide bonds. The van der Waals surface area contributed by atoms with Gasteiger partial charge in [-0.3, -0.25) is 0 Å². The van der Waals surface area contributed by atoms with E-state index in [1.165, 1.54) is 6.42 Å². The molecule has 0 spiro atoms. The van der Waals surface area contributed by atoms with Crippen LogP contribution in [-0.2, 0) is 0 Å². The normalized spacial score (nSPS) is 24.2. The van der Waals surface area contributed by atoms with Crippen LogP contribution in [-0.4, -0.2) is 31.6 Å². The van der Waals surface area contributed by atoms with E-state index in [2.05, 4.69) is 11.5 Å². The number of nitriles is 1. The lowest BCUT2D eigenvalue weighted by atomic mass is 10.1. The molecule has 1 heterocycles. The summed E-state index contributed by atoms with van der Waals surface area (Å²) >= 11 is 0. The first-order chi connectivity index (χ1) is 4.83. The van der Waals surface area contributed by atoms with Crippen LogP contribution in [0, 0.1) is 17.4 Å². The van der Waals surface area contributed by atoms with Crippen molar-refractivity contribution in [2.75, 3.05) is 26.7 Å². The van der Waals surface area contributed by atoms with Gasteiger partial charge in [-0.15, -0.1) is 0 Å². The summed E-state index contributed by atoms with van der Waals surface area (Å²) in [5.41, 5.74) is 0. The first-order valence-corrected chi connectivity index (χ1v) is 3.64. The zero-order valence-corrected chi connectivity index (χ0v) is 6.30. The first-order valence-electron chi connectivity index (χ1n) is 3.64. The van der Waals surface area contributed by atoms with Gasteiger partial charge in [0.2, 0.25) is 0 Å². The van der Waals surface area contributed by atoms with Crippen molar-refractivity contribution in [3.8, 4) is 6.19 Å². The number of hydrogen-bond donors (Lipinski definition) is 1. The van der Waals surface area contributed by atoms with Crippen molar-refractivity contribution in [2.45, 2.75) is 6.42 Å². The fourth-order valence-electron chi connectivity index (χ4n) is 1.30.